The largest absolute Gasteiger partial charge is 0.484 e. The van der Waals surface area contributed by atoms with Crippen LogP contribution in [0.3, 0.4) is 0 Å². The molecule has 0 bridgehead atoms. The number of carbonyl (C=O) groups excluding carboxylic acids is 1. The van der Waals surface area contributed by atoms with Crippen LogP contribution in [0.25, 0.3) is 22.3 Å². The first kappa shape index (κ1) is 25.9. The zero-order valence-corrected chi connectivity index (χ0v) is 20.3. The minimum atomic E-state index is -4.44. The summed E-state index contributed by atoms with van der Waals surface area (Å²) in [5.74, 6) is 0.232. The fourth-order valence-electron chi connectivity index (χ4n) is 3.64. The molecule has 0 saturated carbocycles. The molecule has 3 aromatic heterocycles. The van der Waals surface area contributed by atoms with Gasteiger partial charge in [0.05, 0.1) is 11.4 Å². The topological polar surface area (TPSA) is 108 Å². The number of aromatic amines is 1. The molecule has 9 nitrogen and oxygen atoms in total. The van der Waals surface area contributed by atoms with Gasteiger partial charge in [0, 0.05) is 54.7 Å². The van der Waals surface area contributed by atoms with Gasteiger partial charge in [0.2, 0.25) is 5.95 Å². The predicted octanol–water partition coefficient (Wildman–Crippen LogP) is 4.39. The van der Waals surface area contributed by atoms with E-state index in [1.807, 2.05) is 32.2 Å². The smallest absolute Gasteiger partial charge is 0.422 e. The van der Waals surface area contributed by atoms with Crippen LogP contribution >= 0.6 is 0 Å². The normalized spacial score (nSPS) is 11.5. The number of nitrogens with one attached hydrogen (secondary N) is 3. The maximum atomic E-state index is 12.9. The highest BCUT2D eigenvalue weighted by molar-refractivity contribution is 5.98. The lowest BCUT2D eigenvalue weighted by Gasteiger charge is -2.19. The summed E-state index contributed by atoms with van der Waals surface area (Å²) in [7, 11) is 1.84. The van der Waals surface area contributed by atoms with Crippen molar-refractivity contribution in [3.8, 4) is 17.1 Å². The second-order valence-corrected chi connectivity index (χ2v) is 8.14. The number of hydrogen-bond donors (Lipinski definition) is 3. The third-order valence-electron chi connectivity index (χ3n) is 5.46. The third-order valence-corrected chi connectivity index (χ3v) is 5.46. The van der Waals surface area contributed by atoms with Gasteiger partial charge in [0.1, 0.15) is 11.4 Å². The number of fused-ring (bicyclic) bond motifs is 1. The van der Waals surface area contributed by atoms with Crippen molar-refractivity contribution < 1.29 is 22.7 Å². The molecule has 4 aromatic rings. The molecule has 0 saturated heterocycles. The van der Waals surface area contributed by atoms with Crippen LogP contribution in [-0.4, -0.2) is 70.2 Å². The monoisotopic (exact) mass is 513 g/mol. The Hall–Kier alpha value is -4.19. The first-order chi connectivity index (χ1) is 17.8. The molecule has 0 radical (unpaired) electrons. The summed E-state index contributed by atoms with van der Waals surface area (Å²) in [5, 5.41) is 7.01. The van der Waals surface area contributed by atoms with E-state index in [1.54, 1.807) is 17.0 Å². The molecule has 194 valence electrons. The van der Waals surface area contributed by atoms with Gasteiger partial charge in [0.15, 0.2) is 6.61 Å². The second-order valence-electron chi connectivity index (χ2n) is 8.14. The van der Waals surface area contributed by atoms with Crippen LogP contribution in [0.1, 0.15) is 17.4 Å². The highest BCUT2D eigenvalue weighted by Gasteiger charge is 2.28. The van der Waals surface area contributed by atoms with E-state index in [2.05, 4.69) is 30.6 Å². The van der Waals surface area contributed by atoms with Gasteiger partial charge in [-0.2, -0.15) is 13.2 Å². The number of benzene rings is 1. The number of amides is 1. The lowest BCUT2D eigenvalue weighted by molar-refractivity contribution is -0.153. The van der Waals surface area contributed by atoms with Crippen LogP contribution < -0.4 is 15.4 Å². The summed E-state index contributed by atoms with van der Waals surface area (Å²) in [6.07, 6.45) is -1.56. The number of carbonyl (C=O) groups is 1. The number of rotatable bonds is 10. The number of alkyl halides is 3. The fourth-order valence-corrected chi connectivity index (χ4v) is 3.64. The zero-order valence-electron chi connectivity index (χ0n) is 20.3. The van der Waals surface area contributed by atoms with Gasteiger partial charge in [0.25, 0.3) is 5.91 Å². The Morgan fingerprint density at radius 3 is 2.65 bits per heavy atom. The van der Waals surface area contributed by atoms with E-state index in [-0.39, 0.29) is 17.6 Å². The minimum Gasteiger partial charge on any atom is -0.484 e. The Balaban J connectivity index is 1.50. The summed E-state index contributed by atoms with van der Waals surface area (Å²) in [5.41, 5.74) is 2.76. The van der Waals surface area contributed by atoms with Gasteiger partial charge in [-0.1, -0.05) is 0 Å². The second kappa shape index (κ2) is 11.2. The van der Waals surface area contributed by atoms with Crippen molar-refractivity contribution in [3.63, 3.8) is 0 Å². The molecule has 3 heterocycles. The minimum absolute atomic E-state index is 0.0336. The van der Waals surface area contributed by atoms with Crippen LogP contribution in [-0.2, 0) is 0 Å². The molecule has 37 heavy (non-hydrogen) atoms. The Labute approximate surface area is 211 Å². The molecule has 0 aliphatic carbocycles. The molecule has 0 aliphatic rings. The first-order valence-electron chi connectivity index (χ1n) is 11.6. The molecular formula is C25H26F3N7O2. The van der Waals surface area contributed by atoms with Gasteiger partial charge in [-0.05, 0) is 50.4 Å². The number of hydrogen-bond acceptors (Lipinski definition) is 7. The Morgan fingerprint density at radius 2 is 1.89 bits per heavy atom. The van der Waals surface area contributed by atoms with Crippen molar-refractivity contribution in [1.29, 1.82) is 0 Å². The maximum absolute atomic E-state index is 12.9. The zero-order chi connectivity index (χ0) is 26.4. The van der Waals surface area contributed by atoms with Crippen LogP contribution in [0.15, 0.2) is 54.9 Å². The predicted molar refractivity (Wildman–Crippen MR) is 134 cm³/mol. The number of ether oxygens (including phenoxy) is 1. The van der Waals surface area contributed by atoms with Crippen molar-refractivity contribution >= 4 is 28.4 Å². The average Bonchev–Trinajstić information content (AvgIpc) is 3.31. The standard InChI is InChI=1S/C25H26F3N7O2/c1-3-35(11-10-29-2)23(36)22-13-16-12-17(4-5-19(16)33-22)32-24-31-9-7-20(34-24)21-14-18(6-8-30-21)37-15-25(26,27)28/h4-9,12-14,29,33H,3,10-11,15H2,1-2H3,(H,31,32,34). The van der Waals surface area contributed by atoms with Gasteiger partial charge >= 0.3 is 6.18 Å². The number of aromatic nitrogens is 4. The summed E-state index contributed by atoms with van der Waals surface area (Å²) in [6, 6.07) is 11.7. The summed E-state index contributed by atoms with van der Waals surface area (Å²) >= 11 is 0. The molecule has 0 spiro atoms. The number of nitrogens with zero attached hydrogens (tertiary/aromatic N) is 4. The Morgan fingerprint density at radius 1 is 1.08 bits per heavy atom. The SMILES string of the molecule is CCN(CCNC)C(=O)c1cc2cc(Nc3nccc(-c4cc(OCC(F)(F)F)ccn4)n3)ccc2[nH]1. The van der Waals surface area contributed by atoms with E-state index in [0.717, 1.165) is 10.9 Å². The van der Waals surface area contributed by atoms with Crippen LogP contribution in [0.4, 0.5) is 24.8 Å². The van der Waals surface area contributed by atoms with Crippen molar-refractivity contribution in [2.45, 2.75) is 13.1 Å². The molecule has 4 rings (SSSR count). The number of halogens is 3. The van der Waals surface area contributed by atoms with E-state index in [4.69, 9.17) is 4.74 Å². The lowest BCUT2D eigenvalue weighted by Crippen LogP contribution is -2.36. The molecule has 0 unspecified atom stereocenters. The summed E-state index contributed by atoms with van der Waals surface area (Å²) in [6.45, 7) is 2.45. The Kier molecular flexibility index (Phi) is 7.87. The van der Waals surface area contributed by atoms with Crippen molar-refractivity contribution in [2.75, 3.05) is 38.6 Å². The van der Waals surface area contributed by atoms with Gasteiger partial charge < -0.3 is 25.3 Å². The number of likely N-dealkylation sites (N-methyl/N-ethyl adjacent to an activating group) is 2. The van der Waals surface area contributed by atoms with E-state index in [1.165, 1.54) is 24.5 Å². The molecule has 0 aliphatic heterocycles. The lowest BCUT2D eigenvalue weighted by atomic mass is 10.2. The molecule has 0 fully saturated rings. The molecule has 1 amide bonds. The third kappa shape index (κ3) is 6.73. The van der Waals surface area contributed by atoms with Crippen molar-refractivity contribution in [1.82, 2.24) is 30.2 Å². The van der Waals surface area contributed by atoms with Crippen molar-refractivity contribution in [2.24, 2.45) is 0 Å². The first-order valence-corrected chi connectivity index (χ1v) is 11.6. The molecule has 3 N–H and O–H groups in total. The van der Waals surface area contributed by atoms with E-state index >= 15 is 0 Å². The number of anilines is 2. The van der Waals surface area contributed by atoms with Crippen LogP contribution in [0.2, 0.25) is 0 Å². The van der Waals surface area contributed by atoms with E-state index in [0.29, 0.717) is 42.4 Å². The quantitative estimate of drug-likeness (QED) is 0.289. The fraction of sp³-hybridized carbons (Fsp3) is 0.280. The molecular weight excluding hydrogens is 487 g/mol. The van der Waals surface area contributed by atoms with E-state index in [9.17, 15) is 18.0 Å². The maximum Gasteiger partial charge on any atom is 0.422 e. The molecule has 1 aromatic carbocycles. The van der Waals surface area contributed by atoms with Crippen LogP contribution in [0.5, 0.6) is 5.75 Å². The van der Waals surface area contributed by atoms with Crippen LogP contribution in [0, 0.1) is 0 Å². The molecule has 0 atom stereocenters. The van der Waals surface area contributed by atoms with E-state index < -0.39 is 12.8 Å². The summed E-state index contributed by atoms with van der Waals surface area (Å²) in [4.78, 5) is 30.6. The van der Waals surface area contributed by atoms with Gasteiger partial charge in [-0.25, -0.2) is 9.97 Å². The Bertz CT molecular complexity index is 1370. The highest BCUT2D eigenvalue weighted by Crippen LogP contribution is 2.25. The summed E-state index contributed by atoms with van der Waals surface area (Å²) < 4.78 is 42.2. The van der Waals surface area contributed by atoms with Gasteiger partial charge in [-0.3, -0.25) is 9.78 Å². The average molecular weight is 514 g/mol. The van der Waals surface area contributed by atoms with Gasteiger partial charge in [-0.15, -0.1) is 0 Å². The number of pyridine rings is 1. The highest BCUT2D eigenvalue weighted by atomic mass is 19.4. The number of H-pyrrole nitrogens is 1. The molecule has 12 heteroatoms. The van der Waals surface area contributed by atoms with Crippen molar-refractivity contribution in [3.05, 3.63) is 60.6 Å².